The molecule has 30 heavy (non-hydrogen) atoms. The second-order valence-electron chi connectivity index (χ2n) is 7.96. The van der Waals surface area contributed by atoms with Crippen LogP contribution < -0.4 is 14.4 Å². The molecule has 0 bridgehead atoms. The van der Waals surface area contributed by atoms with Crippen LogP contribution in [0.1, 0.15) is 23.4 Å². The number of aromatic nitrogens is 3. The Morgan fingerprint density at radius 1 is 1.20 bits per heavy atom. The average Bonchev–Trinajstić information content (AvgIpc) is 3.23. The molecule has 0 aliphatic carbocycles. The van der Waals surface area contributed by atoms with Gasteiger partial charge in [0.15, 0.2) is 5.65 Å². The largest absolute Gasteiger partial charge is 0.496 e. The van der Waals surface area contributed by atoms with Gasteiger partial charge in [-0.1, -0.05) is 0 Å². The van der Waals surface area contributed by atoms with E-state index in [2.05, 4.69) is 15.7 Å². The van der Waals surface area contributed by atoms with Gasteiger partial charge in [-0.2, -0.15) is 5.10 Å². The summed E-state index contributed by atoms with van der Waals surface area (Å²) in [6.07, 6.45) is 1.95. The van der Waals surface area contributed by atoms with E-state index in [9.17, 15) is 8.42 Å². The average molecular weight is 430 g/mol. The first-order chi connectivity index (χ1) is 14.2. The van der Waals surface area contributed by atoms with Gasteiger partial charge in [0.1, 0.15) is 5.75 Å². The minimum atomic E-state index is -3.23. The Bertz CT molecular complexity index is 1220. The maximum absolute atomic E-state index is 11.6. The lowest BCUT2D eigenvalue weighted by Gasteiger charge is -2.20. The fraction of sp³-hybridized carbons (Fsp3) is 0.429. The summed E-state index contributed by atoms with van der Waals surface area (Å²) in [4.78, 5) is 7.02. The lowest BCUT2D eigenvalue weighted by atomic mass is 10.1. The number of hydrogen-bond acceptors (Lipinski definition) is 6. The topological polar surface area (TPSA) is 88.8 Å². The Morgan fingerprint density at radius 3 is 2.63 bits per heavy atom. The van der Waals surface area contributed by atoms with E-state index in [0.29, 0.717) is 6.54 Å². The van der Waals surface area contributed by atoms with E-state index in [4.69, 9.17) is 14.8 Å². The van der Waals surface area contributed by atoms with E-state index >= 15 is 0 Å². The molecule has 1 fully saturated rings. The van der Waals surface area contributed by atoms with Crippen molar-refractivity contribution in [3.63, 3.8) is 0 Å². The van der Waals surface area contributed by atoms with Crippen LogP contribution in [0.2, 0.25) is 0 Å². The number of rotatable bonds is 5. The van der Waals surface area contributed by atoms with Crippen LogP contribution in [0.25, 0.3) is 16.9 Å². The van der Waals surface area contributed by atoms with Gasteiger partial charge in [-0.3, -0.25) is 0 Å². The molecule has 1 aliphatic rings. The minimum Gasteiger partial charge on any atom is -0.496 e. The highest BCUT2D eigenvalue weighted by atomic mass is 32.2. The third kappa shape index (κ3) is 3.87. The van der Waals surface area contributed by atoms with Gasteiger partial charge in [0.2, 0.25) is 10.0 Å². The number of fused-ring (bicyclic) bond motifs is 1. The summed E-state index contributed by atoms with van der Waals surface area (Å²) >= 11 is 0. The molecule has 1 aliphatic heterocycles. The fourth-order valence-corrected chi connectivity index (χ4v) is 5.00. The molecule has 3 heterocycles. The first-order valence-electron chi connectivity index (χ1n) is 9.90. The van der Waals surface area contributed by atoms with Crippen molar-refractivity contribution in [2.45, 2.75) is 33.2 Å². The summed E-state index contributed by atoms with van der Waals surface area (Å²) in [6, 6.07) is 7.98. The van der Waals surface area contributed by atoms with Gasteiger partial charge in [-0.15, -0.1) is 0 Å². The summed E-state index contributed by atoms with van der Waals surface area (Å²) in [6.45, 7) is 7.33. The summed E-state index contributed by atoms with van der Waals surface area (Å²) < 4.78 is 33.2. The highest BCUT2D eigenvalue weighted by molar-refractivity contribution is 7.88. The third-order valence-corrected chi connectivity index (χ3v) is 6.20. The number of nitrogens with one attached hydrogen (secondary N) is 1. The number of ether oxygens (including phenoxy) is 1. The van der Waals surface area contributed by atoms with E-state index in [1.807, 2.05) is 43.5 Å². The van der Waals surface area contributed by atoms with E-state index in [-0.39, 0.29) is 6.04 Å². The van der Waals surface area contributed by atoms with Gasteiger partial charge in [0, 0.05) is 24.7 Å². The predicted molar refractivity (Wildman–Crippen MR) is 118 cm³/mol. The molecule has 1 saturated heterocycles. The Hall–Kier alpha value is -2.65. The lowest BCUT2D eigenvalue weighted by molar-refractivity contribution is 0.412. The van der Waals surface area contributed by atoms with Crippen molar-refractivity contribution in [3.8, 4) is 17.0 Å². The molecule has 0 unspecified atom stereocenters. The van der Waals surface area contributed by atoms with E-state index in [1.165, 1.54) is 6.26 Å². The summed E-state index contributed by atoms with van der Waals surface area (Å²) in [5.74, 6) is 0.844. The van der Waals surface area contributed by atoms with Gasteiger partial charge in [-0.05, 0) is 57.0 Å². The quantitative estimate of drug-likeness (QED) is 0.670. The second-order valence-corrected chi connectivity index (χ2v) is 9.74. The number of hydrogen-bond donors (Lipinski definition) is 1. The molecule has 1 atom stereocenters. The number of anilines is 1. The van der Waals surface area contributed by atoms with E-state index in [1.54, 1.807) is 7.11 Å². The van der Waals surface area contributed by atoms with Crippen molar-refractivity contribution in [1.29, 1.82) is 0 Å². The number of nitrogens with zero attached hydrogens (tertiary/aromatic N) is 4. The maximum atomic E-state index is 11.6. The number of imidazole rings is 1. The number of aryl methyl sites for hydroxylation is 3. The number of sulfonamides is 1. The second kappa shape index (κ2) is 7.55. The normalized spacial score (nSPS) is 17.1. The van der Waals surface area contributed by atoms with Crippen molar-refractivity contribution in [2.24, 2.45) is 0 Å². The SMILES string of the molecule is COc1ccc(-c2c(C)nc3c(N4CC[C@@H](NS(C)(=O)=O)C4)cc(C)nn23)cc1C. The van der Waals surface area contributed by atoms with Crippen molar-refractivity contribution in [2.75, 3.05) is 31.4 Å². The molecule has 3 aromatic rings. The molecule has 1 aromatic carbocycles. The van der Waals surface area contributed by atoms with Crippen LogP contribution in [0.4, 0.5) is 5.69 Å². The smallest absolute Gasteiger partial charge is 0.209 e. The third-order valence-electron chi connectivity index (χ3n) is 5.44. The monoisotopic (exact) mass is 429 g/mol. The molecule has 160 valence electrons. The summed E-state index contributed by atoms with van der Waals surface area (Å²) in [5, 5.41) is 4.74. The van der Waals surface area contributed by atoms with Crippen molar-refractivity contribution in [1.82, 2.24) is 19.3 Å². The van der Waals surface area contributed by atoms with Gasteiger partial charge in [0.25, 0.3) is 0 Å². The molecule has 0 spiro atoms. The van der Waals surface area contributed by atoms with Crippen molar-refractivity contribution in [3.05, 3.63) is 41.2 Å². The molecule has 0 radical (unpaired) electrons. The van der Waals surface area contributed by atoms with Crippen LogP contribution in [-0.2, 0) is 10.0 Å². The summed E-state index contributed by atoms with van der Waals surface area (Å²) in [7, 11) is -1.57. The molecule has 4 rings (SSSR count). The standard InChI is InChI=1S/C21H27N5O3S/c1-13-10-16(6-7-19(13)29-4)20-15(3)22-21-18(11-14(2)23-26(20)21)25-9-8-17(12-25)24-30(5,27)28/h6-7,10-11,17,24H,8-9,12H2,1-5H3/t17-/m1/s1. The van der Waals surface area contributed by atoms with Crippen LogP contribution in [0.5, 0.6) is 5.75 Å². The maximum Gasteiger partial charge on any atom is 0.209 e. The van der Waals surface area contributed by atoms with Crippen molar-refractivity contribution >= 4 is 21.4 Å². The molecular formula is C21H27N5O3S. The first kappa shape index (κ1) is 20.6. The molecule has 8 nitrogen and oxygen atoms in total. The fourth-order valence-electron chi connectivity index (χ4n) is 4.20. The lowest BCUT2D eigenvalue weighted by Crippen LogP contribution is -2.36. The van der Waals surface area contributed by atoms with Crippen LogP contribution in [-0.4, -0.2) is 55.5 Å². The zero-order chi connectivity index (χ0) is 21.6. The van der Waals surface area contributed by atoms with Crippen LogP contribution in [0.3, 0.4) is 0 Å². The number of benzene rings is 1. The Labute approximate surface area is 176 Å². The molecule has 0 amide bonds. The molecule has 1 N–H and O–H groups in total. The highest BCUT2D eigenvalue weighted by Gasteiger charge is 2.28. The Morgan fingerprint density at radius 2 is 1.97 bits per heavy atom. The Kier molecular flexibility index (Phi) is 5.19. The van der Waals surface area contributed by atoms with Gasteiger partial charge in [0.05, 0.1) is 36.1 Å². The predicted octanol–water partition coefficient (Wildman–Crippen LogP) is 2.46. The zero-order valence-corrected chi connectivity index (χ0v) is 18.7. The summed E-state index contributed by atoms with van der Waals surface area (Å²) in [5.41, 5.74) is 6.55. The Balaban J connectivity index is 1.77. The first-order valence-corrected chi connectivity index (χ1v) is 11.8. The number of methoxy groups -OCH3 is 1. The van der Waals surface area contributed by atoms with Gasteiger partial charge < -0.3 is 9.64 Å². The van der Waals surface area contributed by atoms with Gasteiger partial charge in [-0.25, -0.2) is 22.6 Å². The zero-order valence-electron chi connectivity index (χ0n) is 17.9. The molecule has 9 heteroatoms. The minimum absolute atomic E-state index is 0.103. The van der Waals surface area contributed by atoms with Crippen molar-refractivity contribution < 1.29 is 13.2 Å². The van der Waals surface area contributed by atoms with E-state index in [0.717, 1.165) is 58.3 Å². The van der Waals surface area contributed by atoms with Crippen LogP contribution >= 0.6 is 0 Å². The molecule has 2 aromatic heterocycles. The highest BCUT2D eigenvalue weighted by Crippen LogP contribution is 2.33. The van der Waals surface area contributed by atoms with Crippen LogP contribution in [0.15, 0.2) is 24.3 Å². The van der Waals surface area contributed by atoms with E-state index < -0.39 is 10.0 Å². The van der Waals surface area contributed by atoms with Gasteiger partial charge >= 0.3 is 0 Å². The van der Waals surface area contributed by atoms with Crippen LogP contribution in [0, 0.1) is 20.8 Å². The molecular weight excluding hydrogens is 402 g/mol. The molecule has 0 saturated carbocycles.